The summed E-state index contributed by atoms with van der Waals surface area (Å²) >= 11 is 1.44. The van der Waals surface area contributed by atoms with E-state index in [9.17, 15) is 14.4 Å². The molecular weight excluding hydrogens is 491 g/mol. The Balaban J connectivity index is 0.00000156. The van der Waals surface area contributed by atoms with E-state index in [1.165, 1.54) is 11.8 Å². The summed E-state index contributed by atoms with van der Waals surface area (Å²) in [5.41, 5.74) is 1.85. The topological polar surface area (TPSA) is 102 Å². The molecule has 0 aliphatic carbocycles. The predicted molar refractivity (Wildman–Crippen MR) is 144 cm³/mol. The molecule has 0 saturated carbocycles. The number of anilines is 3. The second kappa shape index (κ2) is 10.4. The molecule has 2 fully saturated rings. The van der Waals surface area contributed by atoms with Gasteiger partial charge < -0.3 is 14.7 Å². The SMILES string of the molecule is CC.Cc1cc(N2CC(C)(C)c3c(N4CCN(C(=O)[C@]5(CF)CCS5)C(C)C4)ncnc32)nnc1C#N. The van der Waals surface area contributed by atoms with Crippen LogP contribution in [0.25, 0.3) is 0 Å². The molecule has 198 valence electrons. The van der Waals surface area contributed by atoms with Gasteiger partial charge in [0.1, 0.15) is 35.5 Å². The molecule has 5 rings (SSSR count). The number of aryl methyl sites for hydroxylation is 1. The van der Waals surface area contributed by atoms with Gasteiger partial charge in [0.2, 0.25) is 5.91 Å². The number of halogens is 1. The summed E-state index contributed by atoms with van der Waals surface area (Å²) < 4.78 is 12.8. The highest BCUT2D eigenvalue weighted by atomic mass is 32.2. The van der Waals surface area contributed by atoms with Gasteiger partial charge in [-0.1, -0.05) is 27.7 Å². The van der Waals surface area contributed by atoms with Crippen LogP contribution < -0.4 is 9.80 Å². The Morgan fingerprint density at radius 3 is 2.51 bits per heavy atom. The van der Waals surface area contributed by atoms with E-state index in [2.05, 4.69) is 45.0 Å². The third kappa shape index (κ3) is 4.60. The van der Waals surface area contributed by atoms with Crippen LogP contribution in [-0.4, -0.2) is 80.4 Å². The van der Waals surface area contributed by atoms with Gasteiger partial charge in [0.15, 0.2) is 11.5 Å². The molecule has 0 N–H and O–H groups in total. The summed E-state index contributed by atoms with van der Waals surface area (Å²) in [6.45, 7) is 14.0. The predicted octanol–water partition coefficient (Wildman–Crippen LogP) is 3.78. The molecule has 2 saturated heterocycles. The number of aromatic nitrogens is 4. The minimum absolute atomic E-state index is 0.0563. The largest absolute Gasteiger partial charge is 0.352 e. The van der Waals surface area contributed by atoms with Crippen molar-refractivity contribution in [3.05, 3.63) is 29.2 Å². The number of alkyl halides is 1. The van der Waals surface area contributed by atoms with Crippen LogP contribution in [0.1, 0.15) is 57.9 Å². The number of amides is 1. The average molecular weight is 527 g/mol. The van der Waals surface area contributed by atoms with E-state index < -0.39 is 11.4 Å². The van der Waals surface area contributed by atoms with Crippen molar-refractivity contribution in [1.29, 1.82) is 5.26 Å². The third-order valence-corrected chi connectivity index (χ3v) is 8.77. The number of nitriles is 1. The highest BCUT2D eigenvalue weighted by molar-refractivity contribution is 8.02. The van der Waals surface area contributed by atoms with Gasteiger partial charge >= 0.3 is 0 Å². The number of thioether (sulfide) groups is 1. The molecule has 11 heteroatoms. The van der Waals surface area contributed by atoms with Crippen LogP contribution >= 0.6 is 11.8 Å². The normalized spacial score (nSPS) is 23.9. The highest BCUT2D eigenvalue weighted by Gasteiger charge is 2.49. The van der Waals surface area contributed by atoms with Crippen molar-refractivity contribution in [2.75, 3.05) is 48.4 Å². The molecule has 1 amide bonds. The maximum absolute atomic E-state index is 13.7. The molecule has 9 nitrogen and oxygen atoms in total. The van der Waals surface area contributed by atoms with Gasteiger partial charge in [-0.25, -0.2) is 14.4 Å². The smallest absolute Gasteiger partial charge is 0.241 e. The number of carbonyl (C=O) groups excluding carboxylic acids is 1. The van der Waals surface area contributed by atoms with Crippen LogP contribution in [0, 0.1) is 18.3 Å². The summed E-state index contributed by atoms with van der Waals surface area (Å²) in [5.74, 6) is 3.06. The fraction of sp³-hybridized carbons (Fsp3) is 0.615. The van der Waals surface area contributed by atoms with Crippen molar-refractivity contribution in [3.8, 4) is 6.07 Å². The van der Waals surface area contributed by atoms with Gasteiger partial charge in [-0.05, 0) is 37.7 Å². The van der Waals surface area contributed by atoms with Gasteiger partial charge in [0, 0.05) is 43.2 Å². The van der Waals surface area contributed by atoms with Crippen molar-refractivity contribution < 1.29 is 9.18 Å². The van der Waals surface area contributed by atoms with Gasteiger partial charge in [-0.3, -0.25) is 4.79 Å². The second-order valence-corrected chi connectivity index (χ2v) is 11.7. The number of fused-ring (bicyclic) bond motifs is 1. The Bertz CT molecular complexity index is 1210. The first-order valence-electron chi connectivity index (χ1n) is 12.8. The molecule has 5 heterocycles. The standard InChI is InChI=1S/C24H29FN8OS.C2H6/c1-15-9-18(30-29-17(15)10-26)33-13-23(3,4)19-20(27-14-28-21(19)33)31-6-7-32(16(2)11-31)22(34)24(12-25)5-8-35-24;1-2/h9,14,16H,5-8,11-13H2,1-4H3;1-2H3/t16?,24-;/m1./s1. The number of hydrogen-bond donors (Lipinski definition) is 0. The van der Waals surface area contributed by atoms with E-state index in [-0.39, 0.29) is 17.4 Å². The molecule has 1 unspecified atom stereocenters. The lowest BCUT2D eigenvalue weighted by Gasteiger charge is -2.47. The highest BCUT2D eigenvalue weighted by Crippen LogP contribution is 2.47. The molecule has 0 spiro atoms. The second-order valence-electron chi connectivity index (χ2n) is 10.2. The fourth-order valence-electron chi connectivity index (χ4n) is 5.26. The van der Waals surface area contributed by atoms with Crippen LogP contribution in [0.4, 0.5) is 21.8 Å². The van der Waals surface area contributed by atoms with Crippen molar-refractivity contribution in [2.24, 2.45) is 0 Å². The minimum atomic E-state index is -0.880. The number of hydrogen-bond acceptors (Lipinski definition) is 9. The Morgan fingerprint density at radius 2 is 1.95 bits per heavy atom. The van der Waals surface area contributed by atoms with E-state index in [0.29, 0.717) is 44.1 Å². The number of rotatable bonds is 4. The summed E-state index contributed by atoms with van der Waals surface area (Å²) in [4.78, 5) is 28.5. The zero-order valence-electron chi connectivity index (χ0n) is 22.5. The van der Waals surface area contributed by atoms with Crippen molar-refractivity contribution in [1.82, 2.24) is 25.1 Å². The lowest BCUT2D eigenvalue weighted by Crippen LogP contribution is -2.61. The maximum Gasteiger partial charge on any atom is 0.241 e. The summed E-state index contributed by atoms with van der Waals surface area (Å²) in [5, 5.41) is 17.6. The van der Waals surface area contributed by atoms with Gasteiger partial charge in [0.05, 0.1) is 0 Å². The molecule has 2 aromatic rings. The summed E-state index contributed by atoms with van der Waals surface area (Å²) in [6, 6.07) is 3.87. The van der Waals surface area contributed by atoms with Crippen LogP contribution in [0.5, 0.6) is 0 Å². The van der Waals surface area contributed by atoms with E-state index in [4.69, 9.17) is 0 Å². The van der Waals surface area contributed by atoms with Gasteiger partial charge in [-0.2, -0.15) is 5.26 Å². The third-order valence-electron chi connectivity index (χ3n) is 7.32. The molecule has 37 heavy (non-hydrogen) atoms. The Morgan fingerprint density at radius 1 is 1.24 bits per heavy atom. The van der Waals surface area contributed by atoms with E-state index in [1.807, 2.05) is 43.6 Å². The molecule has 3 aliphatic heterocycles. The fourth-order valence-corrected chi connectivity index (χ4v) is 6.28. The Kier molecular flexibility index (Phi) is 7.60. The van der Waals surface area contributed by atoms with Crippen molar-refractivity contribution >= 4 is 35.1 Å². The number of nitrogens with zero attached hydrogens (tertiary/aromatic N) is 8. The first-order valence-corrected chi connectivity index (χ1v) is 13.8. The van der Waals surface area contributed by atoms with E-state index in [1.54, 1.807) is 6.33 Å². The van der Waals surface area contributed by atoms with Crippen LogP contribution in [0.3, 0.4) is 0 Å². The van der Waals surface area contributed by atoms with Crippen molar-refractivity contribution in [2.45, 2.75) is 64.2 Å². The summed E-state index contributed by atoms with van der Waals surface area (Å²) in [7, 11) is 0. The first-order chi connectivity index (χ1) is 17.7. The average Bonchev–Trinajstić information content (AvgIpc) is 3.15. The molecule has 0 bridgehead atoms. The molecule has 0 radical (unpaired) electrons. The quantitative estimate of drug-likeness (QED) is 0.589. The number of carbonyl (C=O) groups is 1. The monoisotopic (exact) mass is 526 g/mol. The molecule has 2 aromatic heterocycles. The molecule has 2 atom stereocenters. The van der Waals surface area contributed by atoms with Crippen LogP contribution in [0.15, 0.2) is 12.4 Å². The molecular formula is C26H35FN8OS. The Hall–Kier alpha value is -3.00. The van der Waals surface area contributed by atoms with Gasteiger partial charge in [0.25, 0.3) is 0 Å². The molecule has 3 aliphatic rings. The van der Waals surface area contributed by atoms with Crippen molar-refractivity contribution in [3.63, 3.8) is 0 Å². The lowest BCUT2D eigenvalue weighted by molar-refractivity contribution is -0.137. The molecule has 0 aromatic carbocycles. The zero-order valence-corrected chi connectivity index (χ0v) is 23.3. The lowest BCUT2D eigenvalue weighted by atomic mass is 9.87. The van der Waals surface area contributed by atoms with Crippen LogP contribution in [-0.2, 0) is 10.2 Å². The maximum atomic E-state index is 13.7. The Labute approximate surface area is 222 Å². The minimum Gasteiger partial charge on any atom is -0.352 e. The number of piperazine rings is 1. The van der Waals surface area contributed by atoms with Crippen LogP contribution in [0.2, 0.25) is 0 Å². The van der Waals surface area contributed by atoms with E-state index in [0.717, 1.165) is 28.5 Å². The zero-order chi connectivity index (χ0) is 27.0. The summed E-state index contributed by atoms with van der Waals surface area (Å²) in [6.07, 6.45) is 2.18. The first kappa shape index (κ1) is 27.0. The van der Waals surface area contributed by atoms with E-state index >= 15 is 0 Å². The van der Waals surface area contributed by atoms with Gasteiger partial charge in [-0.15, -0.1) is 22.0 Å².